The van der Waals surface area contributed by atoms with Crippen molar-refractivity contribution >= 4 is 5.69 Å². The number of nitrogens with zero attached hydrogens (tertiary/aromatic N) is 1. The molecule has 4 N–H and O–H groups in total. The number of benzene rings is 1. The first-order valence-electron chi connectivity index (χ1n) is 4.41. The van der Waals surface area contributed by atoms with E-state index in [0.29, 0.717) is 11.1 Å². The summed E-state index contributed by atoms with van der Waals surface area (Å²) in [6.45, 7) is 0. The standard InChI is InChI=1S/C10H10FN3O/c11-8-3-1-2-7(9(8)12)10(15)6-4-13-14-5-6/h1-5,10,15H,12H2,(H,13,14). The van der Waals surface area contributed by atoms with Gasteiger partial charge in [-0.1, -0.05) is 12.1 Å². The average molecular weight is 207 g/mol. The van der Waals surface area contributed by atoms with Crippen LogP contribution in [-0.2, 0) is 0 Å². The van der Waals surface area contributed by atoms with Crippen LogP contribution < -0.4 is 5.73 Å². The molecule has 1 unspecified atom stereocenters. The molecule has 5 heteroatoms. The second-order valence-electron chi connectivity index (χ2n) is 3.18. The van der Waals surface area contributed by atoms with E-state index in [0.717, 1.165) is 0 Å². The van der Waals surface area contributed by atoms with Crippen LogP contribution in [-0.4, -0.2) is 15.3 Å². The Kier molecular flexibility index (Phi) is 2.39. The molecular weight excluding hydrogens is 197 g/mol. The molecule has 1 heterocycles. The predicted octanol–water partition coefficient (Wildman–Crippen LogP) is 1.21. The molecule has 1 aromatic heterocycles. The third-order valence-corrected chi connectivity index (χ3v) is 2.22. The van der Waals surface area contributed by atoms with Crippen molar-refractivity contribution in [2.75, 3.05) is 5.73 Å². The van der Waals surface area contributed by atoms with Crippen LogP contribution in [0.1, 0.15) is 17.2 Å². The maximum absolute atomic E-state index is 13.1. The van der Waals surface area contributed by atoms with Crippen molar-refractivity contribution < 1.29 is 9.50 Å². The molecule has 78 valence electrons. The molecule has 15 heavy (non-hydrogen) atoms. The number of anilines is 1. The first kappa shape index (κ1) is 9.67. The zero-order valence-corrected chi connectivity index (χ0v) is 7.81. The lowest BCUT2D eigenvalue weighted by Gasteiger charge is -2.11. The Balaban J connectivity index is 2.42. The van der Waals surface area contributed by atoms with Crippen molar-refractivity contribution in [2.24, 2.45) is 0 Å². The number of nitrogen functional groups attached to an aromatic ring is 1. The van der Waals surface area contributed by atoms with E-state index in [1.807, 2.05) is 0 Å². The lowest BCUT2D eigenvalue weighted by molar-refractivity contribution is 0.220. The highest BCUT2D eigenvalue weighted by atomic mass is 19.1. The van der Waals surface area contributed by atoms with Gasteiger partial charge in [-0.15, -0.1) is 0 Å². The molecule has 4 nitrogen and oxygen atoms in total. The number of rotatable bonds is 2. The van der Waals surface area contributed by atoms with E-state index in [1.54, 1.807) is 6.07 Å². The monoisotopic (exact) mass is 207 g/mol. The minimum Gasteiger partial charge on any atom is -0.396 e. The van der Waals surface area contributed by atoms with Crippen LogP contribution in [0.25, 0.3) is 0 Å². The van der Waals surface area contributed by atoms with Crippen molar-refractivity contribution in [3.8, 4) is 0 Å². The number of aromatic amines is 1. The van der Waals surface area contributed by atoms with Gasteiger partial charge < -0.3 is 10.8 Å². The summed E-state index contributed by atoms with van der Waals surface area (Å²) in [4.78, 5) is 0. The van der Waals surface area contributed by atoms with E-state index in [1.165, 1.54) is 24.5 Å². The maximum Gasteiger partial charge on any atom is 0.146 e. The number of hydrogen-bond donors (Lipinski definition) is 3. The molecule has 0 bridgehead atoms. The zero-order valence-electron chi connectivity index (χ0n) is 7.81. The highest BCUT2D eigenvalue weighted by molar-refractivity contribution is 5.51. The fraction of sp³-hybridized carbons (Fsp3) is 0.100. The number of nitrogens with one attached hydrogen (secondary N) is 1. The molecule has 2 aromatic rings. The van der Waals surface area contributed by atoms with Gasteiger partial charge in [-0.2, -0.15) is 5.10 Å². The summed E-state index contributed by atoms with van der Waals surface area (Å²) in [5, 5.41) is 16.2. The molecule has 0 radical (unpaired) electrons. The van der Waals surface area contributed by atoms with E-state index in [2.05, 4.69) is 10.2 Å². The van der Waals surface area contributed by atoms with E-state index in [9.17, 15) is 9.50 Å². The highest BCUT2D eigenvalue weighted by Gasteiger charge is 2.15. The van der Waals surface area contributed by atoms with Crippen LogP contribution in [0.5, 0.6) is 0 Å². The number of hydrogen-bond acceptors (Lipinski definition) is 3. The topological polar surface area (TPSA) is 74.9 Å². The molecule has 1 atom stereocenters. The normalized spacial score (nSPS) is 12.7. The van der Waals surface area contributed by atoms with Crippen LogP contribution in [0.2, 0.25) is 0 Å². The fourth-order valence-corrected chi connectivity index (χ4v) is 1.38. The minimum absolute atomic E-state index is 0.0359. The molecular formula is C10H10FN3O. The van der Waals surface area contributed by atoms with Gasteiger partial charge >= 0.3 is 0 Å². The van der Waals surface area contributed by atoms with Crippen molar-refractivity contribution in [3.63, 3.8) is 0 Å². The van der Waals surface area contributed by atoms with Crippen molar-refractivity contribution in [2.45, 2.75) is 6.10 Å². The van der Waals surface area contributed by atoms with Crippen molar-refractivity contribution in [3.05, 3.63) is 47.5 Å². The maximum atomic E-state index is 13.1. The Hall–Kier alpha value is -1.88. The number of aromatic nitrogens is 2. The van der Waals surface area contributed by atoms with Gasteiger partial charge in [0.05, 0.1) is 11.9 Å². The highest BCUT2D eigenvalue weighted by Crippen LogP contribution is 2.27. The van der Waals surface area contributed by atoms with Crippen LogP contribution >= 0.6 is 0 Å². The molecule has 0 amide bonds. The average Bonchev–Trinajstić information content (AvgIpc) is 2.74. The number of halogens is 1. The molecule has 0 saturated carbocycles. The third kappa shape index (κ3) is 1.69. The Labute approximate surface area is 85.6 Å². The summed E-state index contributed by atoms with van der Waals surface area (Å²) >= 11 is 0. The molecule has 1 aromatic carbocycles. The van der Waals surface area contributed by atoms with Crippen LogP contribution in [0.15, 0.2) is 30.6 Å². The SMILES string of the molecule is Nc1c(F)cccc1C(O)c1cn[nH]c1. The molecule has 0 fully saturated rings. The van der Waals surface area contributed by atoms with Gasteiger partial charge in [0.15, 0.2) is 0 Å². The van der Waals surface area contributed by atoms with E-state index in [-0.39, 0.29) is 5.69 Å². The van der Waals surface area contributed by atoms with Gasteiger partial charge in [0, 0.05) is 17.3 Å². The number of H-pyrrole nitrogens is 1. The molecule has 0 aliphatic rings. The predicted molar refractivity (Wildman–Crippen MR) is 53.5 cm³/mol. The summed E-state index contributed by atoms with van der Waals surface area (Å²) in [6, 6.07) is 4.33. The Morgan fingerprint density at radius 2 is 2.27 bits per heavy atom. The summed E-state index contributed by atoms with van der Waals surface area (Å²) in [5.74, 6) is -0.532. The number of aliphatic hydroxyl groups excluding tert-OH is 1. The zero-order chi connectivity index (χ0) is 10.8. The van der Waals surface area contributed by atoms with Crippen LogP contribution in [0.3, 0.4) is 0 Å². The molecule has 0 aliphatic carbocycles. The van der Waals surface area contributed by atoms with E-state index < -0.39 is 11.9 Å². The number of aliphatic hydroxyl groups is 1. The summed E-state index contributed by atoms with van der Waals surface area (Å²) in [5.41, 5.74) is 6.38. The largest absolute Gasteiger partial charge is 0.396 e. The minimum atomic E-state index is -0.959. The number of nitrogens with two attached hydrogens (primary N) is 1. The molecule has 0 spiro atoms. The lowest BCUT2D eigenvalue weighted by Crippen LogP contribution is -2.04. The van der Waals surface area contributed by atoms with Gasteiger partial charge in [-0.05, 0) is 6.07 Å². The molecule has 2 rings (SSSR count). The van der Waals surface area contributed by atoms with Crippen molar-refractivity contribution in [1.82, 2.24) is 10.2 Å². The third-order valence-electron chi connectivity index (χ3n) is 2.22. The second-order valence-corrected chi connectivity index (χ2v) is 3.18. The van der Waals surface area contributed by atoms with E-state index in [4.69, 9.17) is 5.73 Å². The fourth-order valence-electron chi connectivity index (χ4n) is 1.38. The summed E-state index contributed by atoms with van der Waals surface area (Å²) < 4.78 is 13.1. The van der Waals surface area contributed by atoms with Gasteiger partial charge in [-0.3, -0.25) is 5.10 Å². The lowest BCUT2D eigenvalue weighted by atomic mass is 10.0. The molecule has 0 aliphatic heterocycles. The van der Waals surface area contributed by atoms with E-state index >= 15 is 0 Å². The van der Waals surface area contributed by atoms with Gasteiger partial charge in [-0.25, -0.2) is 4.39 Å². The molecule has 0 saturated heterocycles. The van der Waals surface area contributed by atoms with Crippen molar-refractivity contribution in [1.29, 1.82) is 0 Å². The quantitative estimate of drug-likeness (QED) is 0.648. The Bertz CT molecular complexity index is 456. The summed E-state index contributed by atoms with van der Waals surface area (Å²) in [7, 11) is 0. The van der Waals surface area contributed by atoms with Gasteiger partial charge in [0.2, 0.25) is 0 Å². The second kappa shape index (κ2) is 3.70. The smallest absolute Gasteiger partial charge is 0.146 e. The first-order valence-corrected chi connectivity index (χ1v) is 4.41. The van der Waals surface area contributed by atoms with Crippen LogP contribution in [0.4, 0.5) is 10.1 Å². The van der Waals surface area contributed by atoms with Crippen LogP contribution in [0, 0.1) is 5.82 Å². The summed E-state index contributed by atoms with van der Waals surface area (Å²) in [6.07, 6.45) is 2.05. The number of para-hydroxylation sites is 1. The van der Waals surface area contributed by atoms with Gasteiger partial charge in [0.25, 0.3) is 0 Å². The first-order chi connectivity index (χ1) is 7.20. The Morgan fingerprint density at radius 3 is 2.93 bits per heavy atom. The van der Waals surface area contributed by atoms with Gasteiger partial charge in [0.1, 0.15) is 11.9 Å². The Morgan fingerprint density at radius 1 is 1.47 bits per heavy atom.